The number of halogens is 5. The number of nitrogens with two attached hydrogens (primary N) is 1. The second-order valence-corrected chi connectivity index (χ2v) is 10.6. The van der Waals surface area contributed by atoms with Gasteiger partial charge in [-0.25, -0.2) is 9.38 Å². The van der Waals surface area contributed by atoms with Gasteiger partial charge in [0.15, 0.2) is 0 Å². The van der Waals surface area contributed by atoms with E-state index in [9.17, 15) is 22.4 Å². The molecule has 2 aromatic carbocycles. The van der Waals surface area contributed by atoms with Gasteiger partial charge in [0.25, 0.3) is 0 Å². The molecule has 0 radical (unpaired) electrons. The van der Waals surface area contributed by atoms with Gasteiger partial charge in [0.05, 0.1) is 16.3 Å². The minimum Gasteiger partial charge on any atom is -0.352 e. The Kier molecular flexibility index (Phi) is 6.95. The highest BCUT2D eigenvalue weighted by Crippen LogP contribution is 2.51. The molecule has 1 amide bonds. The number of anilines is 1. The molecule has 6 nitrogen and oxygen atoms in total. The Labute approximate surface area is 226 Å². The molecule has 12 heteroatoms. The maximum Gasteiger partial charge on any atom is 0.417 e. The number of amides is 1. The molecule has 1 atom stereocenters. The molecule has 1 unspecified atom stereocenters. The molecule has 0 aliphatic carbocycles. The minimum atomic E-state index is -4.73. The first-order valence-corrected chi connectivity index (χ1v) is 13.2. The molecule has 3 heterocycles. The van der Waals surface area contributed by atoms with Crippen LogP contribution in [-0.4, -0.2) is 66.1 Å². The maximum absolute atomic E-state index is 14.6. The zero-order valence-electron chi connectivity index (χ0n) is 20.2. The molecule has 0 bridgehead atoms. The summed E-state index contributed by atoms with van der Waals surface area (Å²) in [6.45, 7) is 9.44. The number of carbonyl (C=O) groups excluding carboxylic acids is 1. The molecule has 3 aliphatic heterocycles. The normalized spacial score (nSPS) is 19.6. The van der Waals surface area contributed by atoms with Crippen LogP contribution in [0.2, 0.25) is 5.02 Å². The standard InChI is InChI=1S/C26H24ClF4N5OS/c1-3-21(37)34-6-8-35(9-7-34)25-17-11-18(26(29,30)31)22(15-4-5-20(28)19(27)10-15)24-23(17)36(14(2)33-25)12-16(32)13-38-24/h3-5,10-11,16H,1-2,6-9,12-13,32H2. The summed E-state index contributed by atoms with van der Waals surface area (Å²) in [5.41, 5.74) is 6.33. The summed E-state index contributed by atoms with van der Waals surface area (Å²) < 4.78 is 57.9. The highest BCUT2D eigenvalue weighted by atomic mass is 35.5. The van der Waals surface area contributed by atoms with Crippen molar-refractivity contribution in [3.63, 3.8) is 0 Å². The first kappa shape index (κ1) is 26.6. The first-order valence-electron chi connectivity index (χ1n) is 11.8. The number of alkyl halides is 3. The van der Waals surface area contributed by atoms with Crippen LogP contribution in [0.25, 0.3) is 11.1 Å². The van der Waals surface area contributed by atoms with Crippen molar-refractivity contribution < 1.29 is 22.4 Å². The van der Waals surface area contributed by atoms with Crippen LogP contribution in [0.15, 0.2) is 59.2 Å². The average molecular weight is 566 g/mol. The Morgan fingerprint density at radius 2 is 1.92 bits per heavy atom. The number of piperazine rings is 1. The Morgan fingerprint density at radius 1 is 1.21 bits per heavy atom. The summed E-state index contributed by atoms with van der Waals surface area (Å²) in [5, 5.41) is -0.272. The Morgan fingerprint density at radius 3 is 2.55 bits per heavy atom. The van der Waals surface area contributed by atoms with Gasteiger partial charge in [-0.2, -0.15) is 13.2 Å². The first-order chi connectivity index (χ1) is 18.0. The Bertz CT molecular complexity index is 1370. The third-order valence-electron chi connectivity index (χ3n) is 6.75. The lowest BCUT2D eigenvalue weighted by atomic mass is 9.93. The quantitative estimate of drug-likeness (QED) is 0.412. The highest BCUT2D eigenvalue weighted by molar-refractivity contribution is 7.99. The molecule has 0 aromatic heterocycles. The van der Waals surface area contributed by atoms with E-state index >= 15 is 0 Å². The van der Waals surface area contributed by atoms with Crippen molar-refractivity contribution in [1.29, 1.82) is 0 Å². The molecule has 2 aromatic rings. The van der Waals surface area contributed by atoms with Gasteiger partial charge in [0.2, 0.25) is 5.91 Å². The van der Waals surface area contributed by atoms with Crippen molar-refractivity contribution in [3.8, 4) is 11.1 Å². The number of hydrogen-bond donors (Lipinski definition) is 1. The van der Waals surface area contributed by atoms with Crippen molar-refractivity contribution in [3.05, 3.63) is 71.3 Å². The summed E-state index contributed by atoms with van der Waals surface area (Å²) in [6, 6.07) is 4.31. The number of hydrogen-bond acceptors (Lipinski definition) is 6. The zero-order valence-corrected chi connectivity index (χ0v) is 21.8. The summed E-state index contributed by atoms with van der Waals surface area (Å²) in [7, 11) is 0. The van der Waals surface area contributed by atoms with E-state index in [-0.39, 0.29) is 28.1 Å². The minimum absolute atomic E-state index is 0.0855. The van der Waals surface area contributed by atoms with E-state index < -0.39 is 17.6 Å². The third-order valence-corrected chi connectivity index (χ3v) is 8.32. The molecule has 0 saturated carbocycles. The van der Waals surface area contributed by atoms with E-state index in [1.807, 2.05) is 4.90 Å². The van der Waals surface area contributed by atoms with Crippen LogP contribution in [0.3, 0.4) is 0 Å². The molecule has 1 saturated heterocycles. The fraction of sp³-hybridized carbons (Fsp3) is 0.308. The summed E-state index contributed by atoms with van der Waals surface area (Å²) in [4.78, 5) is 22.3. The molecule has 1 fully saturated rings. The lowest BCUT2D eigenvalue weighted by molar-refractivity contribution is -0.137. The van der Waals surface area contributed by atoms with Gasteiger partial charge in [0.1, 0.15) is 17.5 Å². The molecule has 5 rings (SSSR count). The van der Waals surface area contributed by atoms with Crippen molar-refractivity contribution in [2.24, 2.45) is 10.7 Å². The number of benzene rings is 2. The SMILES string of the molecule is C=CC(=O)N1CCN(C2=NC(=C)N3CC(N)CSc4c(-c5ccc(F)c(Cl)c5)c(C(F)(F)F)cc2c43)CC1. The number of thioether (sulfide) groups is 1. The van der Waals surface area contributed by atoms with Crippen LogP contribution in [0.5, 0.6) is 0 Å². The monoisotopic (exact) mass is 565 g/mol. The molecular formula is C26H24ClF4N5OS. The molecule has 0 spiro atoms. The second-order valence-electron chi connectivity index (χ2n) is 9.20. The van der Waals surface area contributed by atoms with Crippen LogP contribution in [-0.2, 0) is 11.0 Å². The lowest BCUT2D eigenvalue weighted by Gasteiger charge is -2.40. The van der Waals surface area contributed by atoms with Crippen molar-refractivity contribution in [2.75, 3.05) is 43.4 Å². The van der Waals surface area contributed by atoms with Gasteiger partial charge in [-0.15, -0.1) is 11.8 Å². The van der Waals surface area contributed by atoms with Gasteiger partial charge in [-0.3, -0.25) is 4.79 Å². The van der Waals surface area contributed by atoms with Crippen molar-refractivity contribution >= 4 is 40.8 Å². The zero-order chi connectivity index (χ0) is 27.4. The molecule has 3 aliphatic rings. The van der Waals surface area contributed by atoms with Crippen LogP contribution < -0.4 is 10.6 Å². The predicted octanol–water partition coefficient (Wildman–Crippen LogP) is 4.97. The Hall–Kier alpha value is -3.02. The number of rotatable bonds is 2. The van der Waals surface area contributed by atoms with E-state index in [1.165, 1.54) is 30.0 Å². The average Bonchev–Trinajstić information content (AvgIpc) is 3.06. The maximum atomic E-state index is 14.6. The van der Waals surface area contributed by atoms with Gasteiger partial charge in [-0.1, -0.05) is 30.8 Å². The van der Waals surface area contributed by atoms with E-state index in [0.717, 1.165) is 12.1 Å². The number of amidine groups is 1. The fourth-order valence-corrected chi connectivity index (χ4v) is 6.34. The topological polar surface area (TPSA) is 65.2 Å². The highest BCUT2D eigenvalue weighted by Gasteiger charge is 2.42. The van der Waals surface area contributed by atoms with Crippen LogP contribution >= 0.6 is 23.4 Å². The Balaban J connectivity index is 1.72. The van der Waals surface area contributed by atoms with Gasteiger partial charge in [-0.05, 0) is 29.8 Å². The molecule has 2 N–H and O–H groups in total. The summed E-state index contributed by atoms with van der Waals surface area (Å²) in [5.74, 6) is 0.155. The number of aliphatic imine (C=N–C) groups is 1. The van der Waals surface area contributed by atoms with E-state index in [0.29, 0.717) is 66.3 Å². The number of nitrogens with zero attached hydrogens (tertiary/aromatic N) is 4. The lowest BCUT2D eigenvalue weighted by Crippen LogP contribution is -2.51. The van der Waals surface area contributed by atoms with Gasteiger partial charge >= 0.3 is 6.18 Å². The van der Waals surface area contributed by atoms with Crippen LogP contribution in [0.4, 0.5) is 23.2 Å². The fourth-order valence-electron chi connectivity index (χ4n) is 4.94. The van der Waals surface area contributed by atoms with E-state index in [1.54, 1.807) is 9.80 Å². The summed E-state index contributed by atoms with van der Waals surface area (Å²) in [6.07, 6.45) is -3.49. The van der Waals surface area contributed by atoms with Crippen molar-refractivity contribution in [2.45, 2.75) is 17.1 Å². The van der Waals surface area contributed by atoms with Crippen molar-refractivity contribution in [1.82, 2.24) is 9.80 Å². The predicted molar refractivity (Wildman–Crippen MR) is 142 cm³/mol. The second kappa shape index (κ2) is 9.94. The smallest absolute Gasteiger partial charge is 0.352 e. The largest absolute Gasteiger partial charge is 0.417 e. The summed E-state index contributed by atoms with van der Waals surface area (Å²) >= 11 is 7.21. The number of carbonyl (C=O) groups is 1. The molecule has 38 heavy (non-hydrogen) atoms. The van der Waals surface area contributed by atoms with E-state index in [2.05, 4.69) is 18.2 Å². The van der Waals surface area contributed by atoms with Gasteiger partial charge < -0.3 is 20.4 Å². The third kappa shape index (κ3) is 4.67. The van der Waals surface area contributed by atoms with Crippen LogP contribution in [0.1, 0.15) is 11.1 Å². The molecular weight excluding hydrogens is 542 g/mol. The molecule has 200 valence electrons. The van der Waals surface area contributed by atoms with Crippen LogP contribution in [0, 0.1) is 5.82 Å². The van der Waals surface area contributed by atoms with E-state index in [4.69, 9.17) is 17.3 Å². The van der Waals surface area contributed by atoms with Gasteiger partial charge in [0, 0.05) is 60.5 Å².